The lowest BCUT2D eigenvalue weighted by Gasteiger charge is -2.10. The molecule has 7 heteroatoms. The van der Waals surface area contributed by atoms with Crippen LogP contribution in [0, 0.1) is 6.92 Å². The van der Waals surface area contributed by atoms with Gasteiger partial charge in [0, 0.05) is 27.4 Å². The molecule has 0 spiro atoms. The summed E-state index contributed by atoms with van der Waals surface area (Å²) in [6, 6.07) is 13.6. The van der Waals surface area contributed by atoms with Crippen LogP contribution in [-0.2, 0) is 11.3 Å². The molecule has 0 aliphatic rings. The highest BCUT2D eigenvalue weighted by Gasteiger charge is 2.09. The molecule has 3 rings (SSSR count). The first kappa shape index (κ1) is 18.2. The standard InChI is InChI=1S/C19H15Cl2N3O2/c1-12-2-5-15(21)8-16(12)23-18(25)10-24-11-22-17(9-19(24)26)13-3-6-14(20)7-4-13/h2-9,11H,10H2,1H3,(H,23,25). The Bertz CT molecular complexity index is 1010. The number of carbonyl (C=O) groups is 1. The Morgan fingerprint density at radius 2 is 1.77 bits per heavy atom. The summed E-state index contributed by atoms with van der Waals surface area (Å²) in [6.45, 7) is 1.72. The van der Waals surface area contributed by atoms with E-state index >= 15 is 0 Å². The Morgan fingerprint density at radius 1 is 1.08 bits per heavy atom. The number of hydrogen-bond donors (Lipinski definition) is 1. The van der Waals surface area contributed by atoms with E-state index in [0.29, 0.717) is 21.4 Å². The van der Waals surface area contributed by atoms with Crippen molar-refractivity contribution in [1.29, 1.82) is 0 Å². The molecule has 132 valence electrons. The lowest BCUT2D eigenvalue weighted by atomic mass is 10.1. The summed E-state index contributed by atoms with van der Waals surface area (Å²) in [7, 11) is 0. The van der Waals surface area contributed by atoms with Gasteiger partial charge in [0.25, 0.3) is 5.56 Å². The van der Waals surface area contributed by atoms with Crippen LogP contribution in [0.2, 0.25) is 10.0 Å². The number of halogens is 2. The number of rotatable bonds is 4. The van der Waals surface area contributed by atoms with Crippen LogP contribution in [0.1, 0.15) is 5.56 Å². The summed E-state index contributed by atoms with van der Waals surface area (Å²) in [5.41, 5.74) is 2.47. The molecule has 0 radical (unpaired) electrons. The van der Waals surface area contributed by atoms with Gasteiger partial charge in [0.1, 0.15) is 6.54 Å². The summed E-state index contributed by atoms with van der Waals surface area (Å²) >= 11 is 11.8. The Balaban J connectivity index is 1.75. The number of anilines is 1. The van der Waals surface area contributed by atoms with E-state index in [1.165, 1.54) is 17.0 Å². The van der Waals surface area contributed by atoms with Gasteiger partial charge in [-0.05, 0) is 36.8 Å². The summed E-state index contributed by atoms with van der Waals surface area (Å²) < 4.78 is 1.24. The van der Waals surface area contributed by atoms with E-state index in [2.05, 4.69) is 10.3 Å². The Morgan fingerprint density at radius 3 is 2.46 bits per heavy atom. The van der Waals surface area contributed by atoms with Crippen LogP contribution in [0.25, 0.3) is 11.3 Å². The Labute approximate surface area is 160 Å². The Hall–Kier alpha value is -2.63. The predicted molar refractivity (Wildman–Crippen MR) is 104 cm³/mol. The van der Waals surface area contributed by atoms with Crippen LogP contribution in [0.3, 0.4) is 0 Å². The largest absolute Gasteiger partial charge is 0.324 e. The zero-order valence-electron chi connectivity index (χ0n) is 13.9. The van der Waals surface area contributed by atoms with Crippen LogP contribution in [0.4, 0.5) is 5.69 Å². The van der Waals surface area contributed by atoms with Gasteiger partial charge in [0.2, 0.25) is 5.91 Å². The van der Waals surface area contributed by atoms with Gasteiger partial charge in [-0.2, -0.15) is 0 Å². The first-order chi connectivity index (χ1) is 12.4. The third-order valence-electron chi connectivity index (χ3n) is 3.81. The maximum Gasteiger partial charge on any atom is 0.254 e. The topological polar surface area (TPSA) is 64.0 Å². The summed E-state index contributed by atoms with van der Waals surface area (Å²) in [5, 5.41) is 3.89. The van der Waals surface area contributed by atoms with Crippen LogP contribution in [-0.4, -0.2) is 15.5 Å². The molecule has 0 saturated heterocycles. The monoisotopic (exact) mass is 387 g/mol. The van der Waals surface area contributed by atoms with E-state index < -0.39 is 0 Å². The lowest BCUT2D eigenvalue weighted by molar-refractivity contribution is -0.116. The fourth-order valence-electron chi connectivity index (χ4n) is 2.40. The van der Waals surface area contributed by atoms with Gasteiger partial charge in [-0.25, -0.2) is 4.98 Å². The Kier molecular flexibility index (Phi) is 5.40. The highest BCUT2D eigenvalue weighted by Crippen LogP contribution is 2.20. The summed E-state index contributed by atoms with van der Waals surface area (Å²) in [4.78, 5) is 28.8. The molecule has 1 aromatic heterocycles. The second-order valence-electron chi connectivity index (χ2n) is 5.75. The molecule has 0 atom stereocenters. The minimum atomic E-state index is -0.335. The molecular weight excluding hydrogens is 373 g/mol. The number of aromatic nitrogens is 2. The quantitative estimate of drug-likeness (QED) is 0.730. The third kappa shape index (κ3) is 4.31. The second kappa shape index (κ2) is 7.72. The fourth-order valence-corrected chi connectivity index (χ4v) is 2.69. The van der Waals surface area contributed by atoms with Crippen molar-refractivity contribution in [1.82, 2.24) is 9.55 Å². The van der Waals surface area contributed by atoms with Crippen molar-refractivity contribution in [3.05, 3.63) is 80.8 Å². The number of nitrogens with one attached hydrogen (secondary N) is 1. The zero-order chi connectivity index (χ0) is 18.7. The molecule has 0 bridgehead atoms. The molecule has 2 aromatic carbocycles. The van der Waals surface area contributed by atoms with Crippen LogP contribution < -0.4 is 10.9 Å². The molecule has 26 heavy (non-hydrogen) atoms. The number of hydrogen-bond acceptors (Lipinski definition) is 3. The molecule has 0 aliphatic heterocycles. The highest BCUT2D eigenvalue weighted by atomic mass is 35.5. The fraction of sp³-hybridized carbons (Fsp3) is 0.105. The van der Waals surface area contributed by atoms with Crippen molar-refractivity contribution in [2.24, 2.45) is 0 Å². The van der Waals surface area contributed by atoms with E-state index in [1.807, 2.05) is 13.0 Å². The minimum Gasteiger partial charge on any atom is -0.324 e. The summed E-state index contributed by atoms with van der Waals surface area (Å²) in [6.07, 6.45) is 1.36. The van der Waals surface area contributed by atoms with Gasteiger partial charge in [0.15, 0.2) is 0 Å². The maximum absolute atomic E-state index is 12.3. The predicted octanol–water partition coefficient (Wildman–Crippen LogP) is 4.16. The van der Waals surface area contributed by atoms with Crippen LogP contribution >= 0.6 is 23.2 Å². The first-order valence-electron chi connectivity index (χ1n) is 7.81. The van der Waals surface area contributed by atoms with Crippen molar-refractivity contribution in [3.8, 4) is 11.3 Å². The average Bonchev–Trinajstić information content (AvgIpc) is 2.60. The molecule has 3 aromatic rings. The smallest absolute Gasteiger partial charge is 0.254 e. The van der Waals surface area contributed by atoms with E-state index in [0.717, 1.165) is 11.1 Å². The molecule has 0 unspecified atom stereocenters. The van der Waals surface area contributed by atoms with E-state index in [9.17, 15) is 9.59 Å². The number of amides is 1. The second-order valence-corrected chi connectivity index (χ2v) is 6.63. The van der Waals surface area contributed by atoms with E-state index in [-0.39, 0.29) is 18.0 Å². The van der Waals surface area contributed by atoms with Crippen LogP contribution in [0.5, 0.6) is 0 Å². The maximum atomic E-state index is 12.3. The number of nitrogens with zero attached hydrogens (tertiary/aromatic N) is 2. The first-order valence-corrected chi connectivity index (χ1v) is 8.56. The van der Waals surface area contributed by atoms with Crippen molar-refractivity contribution in [2.75, 3.05) is 5.32 Å². The van der Waals surface area contributed by atoms with Gasteiger partial charge in [-0.15, -0.1) is 0 Å². The van der Waals surface area contributed by atoms with Crippen molar-refractivity contribution in [3.63, 3.8) is 0 Å². The number of carbonyl (C=O) groups excluding carboxylic acids is 1. The number of aryl methyl sites for hydroxylation is 1. The average molecular weight is 388 g/mol. The lowest BCUT2D eigenvalue weighted by Crippen LogP contribution is -2.27. The molecule has 1 amide bonds. The van der Waals surface area contributed by atoms with E-state index in [1.54, 1.807) is 36.4 Å². The SMILES string of the molecule is Cc1ccc(Cl)cc1NC(=O)Cn1cnc(-c2ccc(Cl)cc2)cc1=O. The van der Waals surface area contributed by atoms with Gasteiger partial charge in [0.05, 0.1) is 12.0 Å². The van der Waals surface area contributed by atoms with Crippen molar-refractivity contribution < 1.29 is 4.79 Å². The number of benzene rings is 2. The van der Waals surface area contributed by atoms with Gasteiger partial charge < -0.3 is 5.32 Å². The molecule has 0 fully saturated rings. The van der Waals surface area contributed by atoms with E-state index in [4.69, 9.17) is 23.2 Å². The summed E-state index contributed by atoms with van der Waals surface area (Å²) in [5.74, 6) is -0.335. The molecule has 0 aliphatic carbocycles. The molecule has 0 saturated carbocycles. The van der Waals surface area contributed by atoms with Gasteiger partial charge in [-0.1, -0.05) is 41.4 Å². The minimum absolute atomic E-state index is 0.140. The van der Waals surface area contributed by atoms with Crippen molar-refractivity contribution >= 4 is 34.8 Å². The third-order valence-corrected chi connectivity index (χ3v) is 4.29. The molecular formula is C19H15Cl2N3O2. The molecule has 1 N–H and O–H groups in total. The van der Waals surface area contributed by atoms with Gasteiger partial charge >= 0.3 is 0 Å². The molecule has 1 heterocycles. The van der Waals surface area contributed by atoms with Crippen LogP contribution in [0.15, 0.2) is 59.7 Å². The molecule has 5 nitrogen and oxygen atoms in total. The zero-order valence-corrected chi connectivity index (χ0v) is 15.4. The normalized spacial score (nSPS) is 10.6. The van der Waals surface area contributed by atoms with Gasteiger partial charge in [-0.3, -0.25) is 14.2 Å². The highest BCUT2D eigenvalue weighted by molar-refractivity contribution is 6.31. The van der Waals surface area contributed by atoms with Crippen molar-refractivity contribution in [2.45, 2.75) is 13.5 Å².